The summed E-state index contributed by atoms with van der Waals surface area (Å²) in [6.45, 7) is 15.4. The molecule has 0 unspecified atom stereocenters. The number of rotatable bonds is 14. The monoisotopic (exact) mass is 522 g/mol. The van der Waals surface area contributed by atoms with Crippen molar-refractivity contribution >= 4 is 29.9 Å². The van der Waals surface area contributed by atoms with Gasteiger partial charge in [-0.2, -0.15) is 0 Å². The van der Waals surface area contributed by atoms with Gasteiger partial charge in [0.05, 0.1) is 20.3 Å². The summed E-state index contributed by atoms with van der Waals surface area (Å²) in [4.78, 5) is 6.96. The summed E-state index contributed by atoms with van der Waals surface area (Å²) in [5.41, 5.74) is 1.06. The second-order valence-electron chi connectivity index (χ2n) is 6.18. The van der Waals surface area contributed by atoms with Crippen molar-refractivity contribution in [1.82, 2.24) is 15.5 Å². The van der Waals surface area contributed by atoms with Gasteiger partial charge in [0.15, 0.2) is 17.5 Å². The van der Waals surface area contributed by atoms with Crippen LogP contribution in [0.2, 0.25) is 0 Å². The average molecular weight is 522 g/mol. The van der Waals surface area contributed by atoms with E-state index in [9.17, 15) is 0 Å². The van der Waals surface area contributed by atoms with Crippen molar-refractivity contribution in [1.29, 1.82) is 0 Å². The van der Waals surface area contributed by atoms with Gasteiger partial charge in [-0.1, -0.05) is 19.9 Å². The Balaban J connectivity index is 0.00000784. The van der Waals surface area contributed by atoms with Crippen LogP contribution in [0, 0.1) is 0 Å². The second-order valence-corrected chi connectivity index (χ2v) is 6.18. The first-order valence-corrected chi connectivity index (χ1v) is 10.3. The van der Waals surface area contributed by atoms with Gasteiger partial charge < -0.3 is 29.7 Å². The number of ether oxygens (including phenoxy) is 3. The number of guanidine groups is 1. The molecule has 0 atom stereocenters. The number of methoxy groups -OCH3 is 1. The predicted molar refractivity (Wildman–Crippen MR) is 131 cm³/mol. The average Bonchev–Trinajstić information content (AvgIpc) is 2.72. The zero-order valence-electron chi connectivity index (χ0n) is 18.6. The van der Waals surface area contributed by atoms with Crippen molar-refractivity contribution in [3.63, 3.8) is 0 Å². The summed E-state index contributed by atoms with van der Waals surface area (Å²) in [5, 5.41) is 6.51. The first kappa shape index (κ1) is 27.7. The minimum Gasteiger partial charge on any atom is -0.493 e. The van der Waals surface area contributed by atoms with Crippen LogP contribution in [-0.2, 0) is 11.3 Å². The van der Waals surface area contributed by atoms with E-state index >= 15 is 0 Å². The van der Waals surface area contributed by atoms with Crippen LogP contribution in [0.4, 0.5) is 0 Å². The van der Waals surface area contributed by atoms with Gasteiger partial charge in [-0.15, -0.1) is 24.0 Å². The number of aliphatic imine (C=N–C) groups is 1. The standard InChI is InChI=1S/C21H38N4O3.HI/c1-6-22-21(23-12-14-27-9-4)24-17-18-10-11-19(20(16-18)26-5)28-15-13-25(7-2)8-3;/h10-11,16H,6-9,12-15,17H2,1-5H3,(H2,22,23,24);1H. The lowest BCUT2D eigenvalue weighted by molar-refractivity contribution is 0.152. The number of benzene rings is 1. The highest BCUT2D eigenvalue weighted by atomic mass is 127. The Bertz CT molecular complexity index is 569. The highest BCUT2D eigenvalue weighted by Crippen LogP contribution is 2.28. The Labute approximate surface area is 193 Å². The molecule has 168 valence electrons. The summed E-state index contributed by atoms with van der Waals surface area (Å²) in [6.07, 6.45) is 0. The molecule has 2 N–H and O–H groups in total. The van der Waals surface area contributed by atoms with Crippen molar-refractivity contribution in [3.05, 3.63) is 23.8 Å². The molecule has 0 saturated heterocycles. The molecular formula is C21H39IN4O3. The molecule has 0 saturated carbocycles. The normalized spacial score (nSPS) is 11.2. The van der Waals surface area contributed by atoms with Crippen molar-refractivity contribution in [2.45, 2.75) is 34.2 Å². The topological polar surface area (TPSA) is 67.4 Å². The van der Waals surface area contributed by atoms with Crippen molar-refractivity contribution in [2.75, 3.05) is 59.7 Å². The molecule has 8 heteroatoms. The van der Waals surface area contributed by atoms with Crippen LogP contribution < -0.4 is 20.1 Å². The summed E-state index contributed by atoms with van der Waals surface area (Å²) in [5.74, 6) is 2.28. The fourth-order valence-corrected chi connectivity index (χ4v) is 2.65. The van der Waals surface area contributed by atoms with Crippen molar-refractivity contribution < 1.29 is 14.2 Å². The molecule has 29 heavy (non-hydrogen) atoms. The van der Waals surface area contributed by atoms with Crippen LogP contribution in [0.25, 0.3) is 0 Å². The lowest BCUT2D eigenvalue weighted by Gasteiger charge is -2.19. The lowest BCUT2D eigenvalue weighted by Crippen LogP contribution is -2.39. The van der Waals surface area contributed by atoms with E-state index in [1.54, 1.807) is 7.11 Å². The van der Waals surface area contributed by atoms with E-state index in [1.807, 2.05) is 32.0 Å². The van der Waals surface area contributed by atoms with Gasteiger partial charge in [-0.25, -0.2) is 4.99 Å². The number of nitrogens with zero attached hydrogens (tertiary/aromatic N) is 2. The van der Waals surface area contributed by atoms with Crippen molar-refractivity contribution in [2.24, 2.45) is 4.99 Å². The largest absolute Gasteiger partial charge is 0.493 e. The molecule has 0 radical (unpaired) electrons. The Morgan fingerprint density at radius 2 is 1.79 bits per heavy atom. The minimum atomic E-state index is 0. The van der Waals surface area contributed by atoms with Gasteiger partial charge in [0.1, 0.15) is 6.61 Å². The van der Waals surface area contributed by atoms with E-state index in [1.165, 1.54) is 0 Å². The van der Waals surface area contributed by atoms with Crippen LogP contribution in [0.15, 0.2) is 23.2 Å². The zero-order valence-corrected chi connectivity index (χ0v) is 21.0. The maximum absolute atomic E-state index is 5.92. The van der Waals surface area contributed by atoms with Crippen molar-refractivity contribution in [3.8, 4) is 11.5 Å². The van der Waals surface area contributed by atoms with Crippen LogP contribution in [0.5, 0.6) is 11.5 Å². The van der Waals surface area contributed by atoms with E-state index in [0.717, 1.165) is 62.4 Å². The Hall–Kier alpha value is -1.26. The van der Waals surface area contributed by atoms with Crippen LogP contribution in [-0.4, -0.2) is 70.5 Å². The summed E-state index contributed by atoms with van der Waals surface area (Å²) < 4.78 is 16.8. The quantitative estimate of drug-likeness (QED) is 0.170. The third kappa shape index (κ3) is 11.5. The molecule has 0 amide bonds. The molecular weight excluding hydrogens is 483 g/mol. The Kier molecular flexibility index (Phi) is 16.8. The van der Waals surface area contributed by atoms with Gasteiger partial charge in [-0.05, 0) is 44.6 Å². The fourth-order valence-electron chi connectivity index (χ4n) is 2.65. The molecule has 0 aromatic heterocycles. The van der Waals surface area contributed by atoms with E-state index in [-0.39, 0.29) is 24.0 Å². The summed E-state index contributed by atoms with van der Waals surface area (Å²) in [7, 11) is 1.67. The molecule has 0 bridgehead atoms. The van der Waals surface area contributed by atoms with E-state index in [4.69, 9.17) is 14.2 Å². The SMILES string of the molecule is CCNC(=NCc1ccc(OCCN(CC)CC)c(OC)c1)NCCOCC.I. The van der Waals surface area contributed by atoms with Gasteiger partial charge in [-0.3, -0.25) is 0 Å². The lowest BCUT2D eigenvalue weighted by atomic mass is 10.2. The molecule has 0 fully saturated rings. The van der Waals surface area contributed by atoms with E-state index in [2.05, 4.69) is 34.4 Å². The molecule has 7 nitrogen and oxygen atoms in total. The fraction of sp³-hybridized carbons (Fsp3) is 0.667. The Morgan fingerprint density at radius 1 is 1.03 bits per heavy atom. The number of hydrogen-bond donors (Lipinski definition) is 2. The van der Waals surface area contributed by atoms with Crippen LogP contribution in [0.3, 0.4) is 0 Å². The van der Waals surface area contributed by atoms with Gasteiger partial charge in [0.2, 0.25) is 0 Å². The van der Waals surface area contributed by atoms with Gasteiger partial charge >= 0.3 is 0 Å². The van der Waals surface area contributed by atoms with Gasteiger partial charge in [0.25, 0.3) is 0 Å². The van der Waals surface area contributed by atoms with Crippen LogP contribution in [0.1, 0.15) is 33.3 Å². The highest BCUT2D eigenvalue weighted by molar-refractivity contribution is 14.0. The number of nitrogens with one attached hydrogen (secondary N) is 2. The maximum Gasteiger partial charge on any atom is 0.191 e. The van der Waals surface area contributed by atoms with E-state index < -0.39 is 0 Å². The molecule has 1 aromatic carbocycles. The predicted octanol–water partition coefficient (Wildman–Crippen LogP) is 3.13. The molecule has 1 aromatic rings. The zero-order chi connectivity index (χ0) is 20.6. The van der Waals surface area contributed by atoms with E-state index in [0.29, 0.717) is 19.8 Å². The van der Waals surface area contributed by atoms with Gasteiger partial charge in [0, 0.05) is 26.2 Å². The first-order valence-electron chi connectivity index (χ1n) is 10.3. The molecule has 0 aliphatic rings. The minimum absolute atomic E-state index is 0. The highest BCUT2D eigenvalue weighted by Gasteiger charge is 2.07. The Morgan fingerprint density at radius 3 is 2.41 bits per heavy atom. The number of likely N-dealkylation sites (N-methyl/N-ethyl adjacent to an activating group) is 1. The third-order valence-electron chi connectivity index (χ3n) is 4.29. The molecule has 1 rings (SSSR count). The number of halogens is 1. The molecule has 0 heterocycles. The smallest absolute Gasteiger partial charge is 0.191 e. The molecule has 0 aliphatic heterocycles. The first-order chi connectivity index (χ1) is 13.7. The molecule has 0 aliphatic carbocycles. The maximum atomic E-state index is 5.92. The summed E-state index contributed by atoms with van der Waals surface area (Å²) >= 11 is 0. The van der Waals surface area contributed by atoms with Crippen LogP contribution >= 0.6 is 24.0 Å². The summed E-state index contributed by atoms with van der Waals surface area (Å²) in [6, 6.07) is 5.98. The molecule has 0 spiro atoms. The number of hydrogen-bond acceptors (Lipinski definition) is 5. The second kappa shape index (κ2) is 17.6. The third-order valence-corrected chi connectivity index (χ3v) is 4.29.